The number of fused-ring (bicyclic) bond motifs is 2. The molecule has 4 aromatic rings. The number of esters is 1. The van der Waals surface area contributed by atoms with Crippen LogP contribution >= 0.6 is 27.5 Å². The highest BCUT2D eigenvalue weighted by molar-refractivity contribution is 9.10. The molecule has 0 N–H and O–H groups in total. The van der Waals surface area contributed by atoms with Crippen LogP contribution in [0.4, 0.5) is 5.69 Å². The molecule has 2 heterocycles. The van der Waals surface area contributed by atoms with E-state index in [9.17, 15) is 19.2 Å². The van der Waals surface area contributed by atoms with Gasteiger partial charge in [-0.1, -0.05) is 71.6 Å². The van der Waals surface area contributed by atoms with Gasteiger partial charge in [0.1, 0.15) is 0 Å². The Morgan fingerprint density at radius 3 is 2.32 bits per heavy atom. The minimum atomic E-state index is -1.05. The number of nitrogens with zero attached hydrogens (tertiary/aromatic N) is 2. The second-order valence-corrected chi connectivity index (χ2v) is 12.7. The number of carbonyl (C=O) groups excluding carboxylic acids is 4. The van der Waals surface area contributed by atoms with Crippen molar-refractivity contribution in [1.82, 2.24) is 4.98 Å². The molecule has 9 heteroatoms. The summed E-state index contributed by atoms with van der Waals surface area (Å²) in [5, 5.41) is 1.01. The number of amides is 2. The number of carbonyl (C=O) groups is 4. The van der Waals surface area contributed by atoms with Gasteiger partial charge in [-0.05, 0) is 74.2 Å². The first-order valence-corrected chi connectivity index (χ1v) is 16.0. The Balaban J connectivity index is 1.35. The third-order valence-corrected chi connectivity index (χ3v) is 9.28. The Bertz CT molecular complexity index is 1800. The number of pyridine rings is 1. The SMILES string of the molecule is CCc1cc(Br)cc2c(C(=O)OC(C)C(=O)c3cccc(Cl)c3)cc(-c3ccc(N4C(=O)C5CCCCC5C4=O)cc3)nc12. The van der Waals surface area contributed by atoms with E-state index in [1.807, 2.05) is 19.1 Å². The fraction of sp³-hybridized carbons (Fsp3) is 0.286. The quantitative estimate of drug-likeness (QED) is 0.112. The van der Waals surface area contributed by atoms with Crippen LogP contribution in [0, 0.1) is 11.8 Å². The highest BCUT2D eigenvalue weighted by Crippen LogP contribution is 2.40. The standard InChI is InChI=1S/C35H30BrClN2O5/c1-3-20-15-23(36)17-28-29(35(43)44-19(2)32(40)22-7-6-8-24(37)16-22)18-30(38-31(20)28)21-11-13-25(14-12-21)39-33(41)26-9-4-5-10-27(26)34(39)42/h6-8,11-19,26-27H,3-5,9-10H2,1-2H3. The average molecular weight is 674 g/mol. The predicted octanol–water partition coefficient (Wildman–Crippen LogP) is 7.99. The van der Waals surface area contributed by atoms with Crippen LogP contribution in [0.1, 0.15) is 65.8 Å². The largest absolute Gasteiger partial charge is 0.451 e. The maximum absolute atomic E-state index is 13.7. The fourth-order valence-corrected chi connectivity index (χ4v) is 6.99. The second-order valence-electron chi connectivity index (χ2n) is 11.3. The molecule has 1 aromatic heterocycles. The summed E-state index contributed by atoms with van der Waals surface area (Å²) in [4.78, 5) is 59.2. The van der Waals surface area contributed by atoms with Crippen LogP contribution in [-0.2, 0) is 20.7 Å². The van der Waals surface area contributed by atoms with Gasteiger partial charge < -0.3 is 4.74 Å². The van der Waals surface area contributed by atoms with Crippen LogP contribution in [-0.4, -0.2) is 34.7 Å². The van der Waals surface area contributed by atoms with Gasteiger partial charge in [-0.25, -0.2) is 9.78 Å². The Morgan fingerprint density at radius 2 is 1.68 bits per heavy atom. The summed E-state index contributed by atoms with van der Waals surface area (Å²) in [6.45, 7) is 3.55. The van der Waals surface area contributed by atoms with Gasteiger partial charge in [-0.2, -0.15) is 0 Å². The zero-order valence-corrected chi connectivity index (χ0v) is 26.7. The van der Waals surface area contributed by atoms with E-state index in [1.165, 1.54) is 11.8 Å². The van der Waals surface area contributed by atoms with Gasteiger partial charge in [0.15, 0.2) is 6.10 Å². The van der Waals surface area contributed by atoms with Gasteiger partial charge in [0.2, 0.25) is 17.6 Å². The zero-order valence-electron chi connectivity index (χ0n) is 24.3. The highest BCUT2D eigenvalue weighted by atomic mass is 79.9. The summed E-state index contributed by atoms with van der Waals surface area (Å²) in [6, 6.07) is 19.1. The number of benzene rings is 3. The molecule has 0 radical (unpaired) electrons. The molecule has 44 heavy (non-hydrogen) atoms. The van der Waals surface area contributed by atoms with Gasteiger partial charge >= 0.3 is 5.97 Å². The molecule has 1 aliphatic carbocycles. The van der Waals surface area contributed by atoms with E-state index in [0.29, 0.717) is 44.9 Å². The van der Waals surface area contributed by atoms with E-state index in [-0.39, 0.29) is 35.0 Å². The number of hydrogen-bond donors (Lipinski definition) is 0. The van der Waals surface area contributed by atoms with Crippen molar-refractivity contribution in [3.8, 4) is 11.3 Å². The molecule has 1 saturated carbocycles. The maximum atomic E-state index is 13.7. The number of ether oxygens (including phenoxy) is 1. The zero-order chi connectivity index (χ0) is 31.1. The Labute approximate surface area is 268 Å². The van der Waals surface area contributed by atoms with Crippen LogP contribution in [0.15, 0.2) is 71.2 Å². The lowest BCUT2D eigenvalue weighted by molar-refractivity contribution is -0.122. The van der Waals surface area contributed by atoms with E-state index in [2.05, 4.69) is 15.9 Å². The first-order valence-electron chi connectivity index (χ1n) is 14.8. The number of rotatable bonds is 7. The second kappa shape index (κ2) is 12.3. The van der Waals surface area contributed by atoms with Crippen LogP contribution in [0.25, 0.3) is 22.2 Å². The number of hydrogen-bond acceptors (Lipinski definition) is 6. The molecule has 2 aliphatic rings. The van der Waals surface area contributed by atoms with E-state index in [1.54, 1.807) is 54.6 Å². The molecule has 1 aliphatic heterocycles. The normalized spacial score (nSPS) is 18.8. The van der Waals surface area contributed by atoms with E-state index >= 15 is 0 Å². The van der Waals surface area contributed by atoms with Gasteiger partial charge in [-0.3, -0.25) is 19.3 Å². The van der Waals surface area contributed by atoms with Gasteiger partial charge in [-0.15, -0.1) is 0 Å². The lowest BCUT2D eigenvalue weighted by Gasteiger charge is -2.19. The Hall–Kier alpha value is -3.88. The van der Waals surface area contributed by atoms with Crippen molar-refractivity contribution in [2.45, 2.75) is 52.1 Å². The monoisotopic (exact) mass is 672 g/mol. The van der Waals surface area contributed by atoms with Crippen molar-refractivity contribution >= 4 is 67.7 Å². The van der Waals surface area contributed by atoms with Crippen LogP contribution in [0.5, 0.6) is 0 Å². The molecule has 6 rings (SSSR count). The smallest absolute Gasteiger partial charge is 0.339 e. The molecule has 1 saturated heterocycles. The van der Waals surface area contributed by atoms with E-state index in [4.69, 9.17) is 21.3 Å². The third-order valence-electron chi connectivity index (χ3n) is 8.58. The first-order chi connectivity index (χ1) is 21.2. The fourth-order valence-electron chi connectivity index (χ4n) is 6.30. The van der Waals surface area contributed by atoms with Crippen molar-refractivity contribution in [2.24, 2.45) is 11.8 Å². The first kappa shape index (κ1) is 30.2. The predicted molar refractivity (Wildman–Crippen MR) is 173 cm³/mol. The number of halogens is 2. The molecule has 7 nitrogen and oxygen atoms in total. The Kier molecular flexibility index (Phi) is 8.40. The van der Waals surface area contributed by atoms with Crippen LogP contribution in [0.3, 0.4) is 0 Å². The summed E-state index contributed by atoms with van der Waals surface area (Å²) in [7, 11) is 0. The van der Waals surface area contributed by atoms with E-state index < -0.39 is 12.1 Å². The molecule has 2 fully saturated rings. The van der Waals surface area contributed by atoms with Crippen LogP contribution in [0.2, 0.25) is 5.02 Å². The van der Waals surface area contributed by atoms with E-state index in [0.717, 1.165) is 35.7 Å². The molecule has 3 unspecified atom stereocenters. The summed E-state index contributed by atoms with van der Waals surface area (Å²) >= 11 is 9.61. The maximum Gasteiger partial charge on any atom is 0.339 e. The van der Waals surface area contributed by atoms with Crippen molar-refractivity contribution in [3.05, 3.63) is 92.9 Å². The summed E-state index contributed by atoms with van der Waals surface area (Å²) in [6.07, 6.45) is 3.06. The van der Waals surface area contributed by atoms with Crippen molar-refractivity contribution in [3.63, 3.8) is 0 Å². The third kappa shape index (κ3) is 5.57. The van der Waals surface area contributed by atoms with Gasteiger partial charge in [0.25, 0.3) is 0 Å². The molecule has 2 amide bonds. The summed E-state index contributed by atoms with van der Waals surface area (Å²) in [5.74, 6) is -1.73. The minimum Gasteiger partial charge on any atom is -0.451 e. The molecule has 224 valence electrons. The van der Waals surface area contributed by atoms with Crippen LogP contribution < -0.4 is 4.90 Å². The molecular weight excluding hydrogens is 644 g/mol. The lowest BCUT2D eigenvalue weighted by atomic mass is 9.81. The number of imide groups is 1. The van der Waals surface area contributed by atoms with Crippen molar-refractivity contribution in [2.75, 3.05) is 4.90 Å². The molecule has 0 spiro atoms. The summed E-state index contributed by atoms with van der Waals surface area (Å²) in [5.41, 5.74) is 3.95. The number of anilines is 1. The number of ketones is 1. The highest BCUT2D eigenvalue weighted by Gasteiger charge is 2.48. The number of aromatic nitrogens is 1. The molecule has 0 bridgehead atoms. The van der Waals surface area contributed by atoms with Gasteiger partial charge in [0.05, 0.1) is 34.3 Å². The minimum absolute atomic E-state index is 0.124. The van der Waals surface area contributed by atoms with Gasteiger partial charge in [0, 0.05) is 26.0 Å². The number of aryl methyl sites for hydroxylation is 1. The topological polar surface area (TPSA) is 93.6 Å². The summed E-state index contributed by atoms with van der Waals surface area (Å²) < 4.78 is 6.50. The van der Waals surface area contributed by atoms with Crippen molar-refractivity contribution in [1.29, 1.82) is 0 Å². The van der Waals surface area contributed by atoms with Crippen molar-refractivity contribution < 1.29 is 23.9 Å². The molecular formula is C35H30BrClN2O5. The molecule has 3 atom stereocenters. The molecule has 3 aromatic carbocycles. The average Bonchev–Trinajstić information content (AvgIpc) is 3.28. The number of Topliss-reactive ketones (excluding diaryl/α,β-unsaturated/α-hetero) is 1. The Morgan fingerprint density at radius 1 is 1.00 bits per heavy atom. The lowest BCUT2D eigenvalue weighted by Crippen LogP contribution is -2.30.